The number of aryl methyl sites for hydroxylation is 1. The van der Waals surface area contributed by atoms with Crippen LogP contribution in [0.5, 0.6) is 11.5 Å². The number of benzene rings is 3. The summed E-state index contributed by atoms with van der Waals surface area (Å²) in [5.41, 5.74) is 4.05. The van der Waals surface area contributed by atoms with E-state index in [-0.39, 0.29) is 18.3 Å². The van der Waals surface area contributed by atoms with Gasteiger partial charge >= 0.3 is 0 Å². The van der Waals surface area contributed by atoms with E-state index >= 15 is 0 Å². The number of anilines is 2. The Hall–Kier alpha value is -4.66. The van der Waals surface area contributed by atoms with Crippen LogP contribution in [0.25, 0.3) is 0 Å². The average Bonchev–Trinajstić information content (AvgIpc) is 3.37. The number of amides is 1. The average molecular weight is 514 g/mol. The lowest BCUT2D eigenvalue weighted by Gasteiger charge is -2.29. The Morgan fingerprint density at radius 1 is 1.05 bits per heavy atom. The summed E-state index contributed by atoms with van der Waals surface area (Å²) in [7, 11) is 0. The van der Waals surface area contributed by atoms with Crippen LogP contribution in [0, 0.1) is 12.7 Å². The van der Waals surface area contributed by atoms with Crippen molar-refractivity contribution >= 4 is 17.5 Å². The van der Waals surface area contributed by atoms with E-state index in [1.54, 1.807) is 28.9 Å². The molecule has 4 aromatic rings. The summed E-state index contributed by atoms with van der Waals surface area (Å²) in [6, 6.07) is 19.0. The van der Waals surface area contributed by atoms with Gasteiger partial charge in [0.2, 0.25) is 5.95 Å². The first kappa shape index (κ1) is 25.0. The fourth-order valence-corrected chi connectivity index (χ4v) is 4.45. The van der Waals surface area contributed by atoms with E-state index < -0.39 is 6.04 Å². The van der Waals surface area contributed by atoms with E-state index in [2.05, 4.69) is 20.7 Å². The number of allylic oxidation sites excluding steroid dienone is 1. The van der Waals surface area contributed by atoms with Gasteiger partial charge in [-0.05, 0) is 56.2 Å². The predicted molar refractivity (Wildman–Crippen MR) is 143 cm³/mol. The molecular weight excluding hydrogens is 485 g/mol. The molecule has 8 nitrogen and oxygen atoms in total. The van der Waals surface area contributed by atoms with Gasteiger partial charge in [0.05, 0.1) is 12.2 Å². The first-order valence-corrected chi connectivity index (χ1v) is 12.3. The van der Waals surface area contributed by atoms with Crippen molar-refractivity contribution in [3.8, 4) is 11.5 Å². The van der Waals surface area contributed by atoms with Gasteiger partial charge in [0.15, 0.2) is 11.5 Å². The van der Waals surface area contributed by atoms with Crippen LogP contribution in [0.15, 0.2) is 84.3 Å². The number of halogens is 1. The van der Waals surface area contributed by atoms with Crippen LogP contribution in [-0.2, 0) is 11.4 Å². The lowest BCUT2D eigenvalue weighted by molar-refractivity contribution is -0.113. The number of hydrogen-bond acceptors (Lipinski definition) is 6. The van der Waals surface area contributed by atoms with Crippen LogP contribution in [0.4, 0.5) is 16.0 Å². The van der Waals surface area contributed by atoms with Gasteiger partial charge in [-0.3, -0.25) is 4.79 Å². The number of para-hydroxylation sites is 1. The largest absolute Gasteiger partial charge is 0.490 e. The summed E-state index contributed by atoms with van der Waals surface area (Å²) in [4.78, 5) is 18.0. The number of nitrogens with one attached hydrogen (secondary N) is 2. The fourth-order valence-electron chi connectivity index (χ4n) is 4.45. The number of ether oxygens (including phenoxy) is 2. The minimum absolute atomic E-state index is 0.0513. The molecule has 0 aliphatic carbocycles. The van der Waals surface area contributed by atoms with Crippen molar-refractivity contribution in [2.75, 3.05) is 17.2 Å². The van der Waals surface area contributed by atoms with Gasteiger partial charge < -0.3 is 20.1 Å². The zero-order chi connectivity index (χ0) is 26.6. The Balaban J connectivity index is 1.50. The number of carbonyl (C=O) groups is 1. The van der Waals surface area contributed by atoms with E-state index in [0.717, 1.165) is 16.8 Å². The van der Waals surface area contributed by atoms with Crippen molar-refractivity contribution in [2.24, 2.45) is 0 Å². The maximum atomic E-state index is 14.1. The molecule has 1 aliphatic heterocycles. The van der Waals surface area contributed by atoms with Gasteiger partial charge in [-0.2, -0.15) is 10.1 Å². The molecule has 0 bridgehead atoms. The third kappa shape index (κ3) is 4.95. The maximum Gasteiger partial charge on any atom is 0.255 e. The van der Waals surface area contributed by atoms with E-state index in [4.69, 9.17) is 9.47 Å². The normalized spacial score (nSPS) is 14.5. The molecular formula is C29H28FN5O3. The molecule has 1 aliphatic rings. The van der Waals surface area contributed by atoms with Crippen LogP contribution < -0.4 is 20.1 Å². The topological polar surface area (TPSA) is 90.3 Å². The highest BCUT2D eigenvalue weighted by Crippen LogP contribution is 2.39. The number of carbonyl (C=O) groups excluding carboxylic acids is 1. The summed E-state index contributed by atoms with van der Waals surface area (Å²) >= 11 is 0. The molecule has 1 amide bonds. The van der Waals surface area contributed by atoms with Crippen molar-refractivity contribution < 1.29 is 18.7 Å². The third-order valence-electron chi connectivity index (χ3n) is 6.36. The summed E-state index contributed by atoms with van der Waals surface area (Å²) in [5.74, 6) is 0.891. The number of fused-ring (bicyclic) bond motifs is 1. The first-order chi connectivity index (χ1) is 18.5. The lowest BCUT2D eigenvalue weighted by Crippen LogP contribution is -2.31. The highest BCUT2D eigenvalue weighted by Gasteiger charge is 2.34. The molecule has 0 unspecified atom stereocenters. The third-order valence-corrected chi connectivity index (χ3v) is 6.36. The van der Waals surface area contributed by atoms with Gasteiger partial charge in [0.25, 0.3) is 5.91 Å². The molecule has 2 N–H and O–H groups in total. The van der Waals surface area contributed by atoms with Crippen LogP contribution in [-0.4, -0.2) is 27.3 Å². The highest BCUT2D eigenvalue weighted by atomic mass is 19.1. The molecule has 9 heteroatoms. The van der Waals surface area contributed by atoms with Gasteiger partial charge in [0.1, 0.15) is 24.8 Å². The van der Waals surface area contributed by atoms with Crippen molar-refractivity contribution in [2.45, 2.75) is 33.4 Å². The Morgan fingerprint density at radius 3 is 2.63 bits per heavy atom. The Kier molecular flexibility index (Phi) is 7.08. The number of nitrogens with zero attached hydrogens (tertiary/aromatic N) is 3. The molecule has 0 spiro atoms. The Morgan fingerprint density at radius 2 is 1.84 bits per heavy atom. The van der Waals surface area contributed by atoms with Gasteiger partial charge in [-0.25, -0.2) is 9.07 Å². The van der Waals surface area contributed by atoms with Crippen molar-refractivity contribution in [1.29, 1.82) is 0 Å². The molecule has 1 aromatic heterocycles. The molecule has 5 rings (SSSR count). The molecule has 0 radical (unpaired) electrons. The second kappa shape index (κ2) is 10.8. The monoisotopic (exact) mass is 513 g/mol. The lowest BCUT2D eigenvalue weighted by atomic mass is 9.94. The Bertz CT molecular complexity index is 1510. The first-order valence-electron chi connectivity index (χ1n) is 12.3. The van der Waals surface area contributed by atoms with Crippen LogP contribution in [0.3, 0.4) is 0 Å². The number of aromatic nitrogens is 3. The van der Waals surface area contributed by atoms with Crippen molar-refractivity contribution in [1.82, 2.24) is 14.8 Å². The van der Waals surface area contributed by atoms with Crippen LogP contribution in [0.1, 0.15) is 36.6 Å². The smallest absolute Gasteiger partial charge is 0.255 e. The molecule has 38 heavy (non-hydrogen) atoms. The van der Waals surface area contributed by atoms with Crippen LogP contribution in [0.2, 0.25) is 0 Å². The SMILES string of the molecule is CCOc1cc([C@@H]2C(C(=O)Nc3ccccc3C)=C(C)Nc3ncnn32)ccc1OCc1ccccc1F. The summed E-state index contributed by atoms with van der Waals surface area (Å²) in [6.45, 7) is 6.11. The fraction of sp³-hybridized carbons (Fsp3) is 0.207. The van der Waals surface area contributed by atoms with Crippen molar-refractivity contribution in [3.05, 3.63) is 107 Å². The summed E-state index contributed by atoms with van der Waals surface area (Å²) in [6.07, 6.45) is 1.44. The minimum Gasteiger partial charge on any atom is -0.490 e. The zero-order valence-corrected chi connectivity index (χ0v) is 21.4. The summed E-state index contributed by atoms with van der Waals surface area (Å²) in [5, 5.41) is 10.6. The molecule has 0 saturated heterocycles. The zero-order valence-electron chi connectivity index (χ0n) is 21.4. The molecule has 1 atom stereocenters. The molecule has 194 valence electrons. The minimum atomic E-state index is -0.572. The number of hydrogen-bond donors (Lipinski definition) is 2. The molecule has 2 heterocycles. The predicted octanol–water partition coefficient (Wildman–Crippen LogP) is 5.63. The van der Waals surface area contributed by atoms with E-state index in [1.165, 1.54) is 12.4 Å². The number of rotatable bonds is 8. The standard InChI is InChI=1S/C29H28FN5O3/c1-4-37-25-15-20(13-14-24(25)38-16-21-10-6-7-11-22(21)30)27-26(19(3)33-29-31-17-32-35(27)29)28(36)34-23-12-8-5-9-18(23)2/h5-15,17,27H,4,16H2,1-3H3,(H,34,36)(H,31,32,33)/t27-/m1/s1. The van der Waals surface area contributed by atoms with E-state index in [9.17, 15) is 9.18 Å². The van der Waals surface area contributed by atoms with Crippen LogP contribution >= 0.6 is 0 Å². The quantitative estimate of drug-likeness (QED) is 0.317. The van der Waals surface area contributed by atoms with Gasteiger partial charge in [0, 0.05) is 16.9 Å². The van der Waals surface area contributed by atoms with Gasteiger partial charge in [-0.1, -0.05) is 42.5 Å². The van der Waals surface area contributed by atoms with E-state index in [1.807, 2.05) is 57.2 Å². The Labute approximate surface area is 220 Å². The highest BCUT2D eigenvalue weighted by molar-refractivity contribution is 6.06. The second-order valence-corrected chi connectivity index (χ2v) is 8.88. The van der Waals surface area contributed by atoms with Gasteiger partial charge in [-0.15, -0.1) is 0 Å². The maximum absolute atomic E-state index is 14.1. The molecule has 0 fully saturated rings. The van der Waals surface area contributed by atoms with E-state index in [0.29, 0.717) is 40.9 Å². The van der Waals surface area contributed by atoms with Crippen molar-refractivity contribution in [3.63, 3.8) is 0 Å². The summed E-state index contributed by atoms with van der Waals surface area (Å²) < 4.78 is 27.6. The second-order valence-electron chi connectivity index (χ2n) is 8.88. The molecule has 3 aromatic carbocycles. The molecule has 0 saturated carbocycles.